The van der Waals surface area contributed by atoms with E-state index in [0.717, 1.165) is 6.42 Å². The number of carbonyl (C=O) groups excluding carboxylic acids is 2. The van der Waals surface area contributed by atoms with Crippen LogP contribution < -0.4 is 16.2 Å². The van der Waals surface area contributed by atoms with Gasteiger partial charge in [0.05, 0.1) is 0 Å². The van der Waals surface area contributed by atoms with Crippen LogP contribution in [0.25, 0.3) is 0 Å². The first kappa shape index (κ1) is 19.0. The molecule has 2 amide bonds. The number of nitrogens with zero attached hydrogens (tertiary/aromatic N) is 2. The van der Waals surface area contributed by atoms with Crippen LogP contribution in [0.15, 0.2) is 71.5 Å². The zero-order chi connectivity index (χ0) is 19.9. The Morgan fingerprint density at radius 2 is 1.50 bits per heavy atom. The number of para-hydroxylation sites is 1. The van der Waals surface area contributed by atoms with Crippen LogP contribution in [-0.2, 0) is 6.54 Å². The molecule has 0 radical (unpaired) electrons. The topological polar surface area (TPSA) is 93.1 Å². The van der Waals surface area contributed by atoms with Crippen molar-refractivity contribution < 1.29 is 9.59 Å². The van der Waals surface area contributed by atoms with Gasteiger partial charge in [0.25, 0.3) is 17.4 Å². The van der Waals surface area contributed by atoms with E-state index in [1.54, 1.807) is 36.4 Å². The zero-order valence-corrected chi connectivity index (χ0v) is 15.4. The molecule has 7 heteroatoms. The lowest BCUT2D eigenvalue weighted by Crippen LogP contribution is -2.26. The molecule has 0 aliphatic carbocycles. The highest BCUT2D eigenvalue weighted by Gasteiger charge is 2.11. The van der Waals surface area contributed by atoms with E-state index in [2.05, 4.69) is 15.7 Å². The number of amides is 2. The summed E-state index contributed by atoms with van der Waals surface area (Å²) in [6.45, 7) is 2.38. The number of hydrogen-bond donors (Lipinski definition) is 2. The van der Waals surface area contributed by atoms with Crippen LogP contribution in [0.5, 0.6) is 0 Å². The van der Waals surface area contributed by atoms with Crippen molar-refractivity contribution in [2.75, 3.05) is 10.6 Å². The maximum absolute atomic E-state index is 12.4. The number of anilines is 2. The summed E-state index contributed by atoms with van der Waals surface area (Å²) in [5.41, 5.74) is 1.61. The van der Waals surface area contributed by atoms with E-state index in [0.29, 0.717) is 23.5 Å². The standard InChI is InChI=1S/C21H20N4O3/c1-2-14-25-19(26)13-12-18(24-25)21(28)23-17-10-8-15(9-11-17)20(27)22-16-6-4-3-5-7-16/h3-13H,2,14H2,1H3,(H,22,27)(H,23,28). The second-order valence-corrected chi connectivity index (χ2v) is 6.13. The van der Waals surface area contributed by atoms with Crippen LogP contribution in [0, 0.1) is 0 Å². The minimum Gasteiger partial charge on any atom is -0.322 e. The van der Waals surface area contributed by atoms with Crippen molar-refractivity contribution in [3.63, 3.8) is 0 Å². The summed E-state index contributed by atoms with van der Waals surface area (Å²) in [6.07, 6.45) is 0.741. The minimum absolute atomic E-state index is 0.152. The Morgan fingerprint density at radius 1 is 0.857 bits per heavy atom. The Bertz CT molecular complexity index is 1030. The fraction of sp³-hybridized carbons (Fsp3) is 0.143. The summed E-state index contributed by atoms with van der Waals surface area (Å²) in [7, 11) is 0. The molecule has 1 heterocycles. The third-order valence-corrected chi connectivity index (χ3v) is 3.97. The van der Waals surface area contributed by atoms with E-state index < -0.39 is 5.91 Å². The predicted molar refractivity (Wildman–Crippen MR) is 108 cm³/mol. The van der Waals surface area contributed by atoms with Crippen molar-refractivity contribution in [1.29, 1.82) is 0 Å². The maximum Gasteiger partial charge on any atom is 0.276 e. The largest absolute Gasteiger partial charge is 0.322 e. The number of nitrogens with one attached hydrogen (secondary N) is 2. The lowest BCUT2D eigenvalue weighted by Gasteiger charge is -2.08. The van der Waals surface area contributed by atoms with Crippen LogP contribution in [0.1, 0.15) is 34.2 Å². The van der Waals surface area contributed by atoms with Crippen molar-refractivity contribution in [3.05, 3.63) is 88.3 Å². The third-order valence-electron chi connectivity index (χ3n) is 3.97. The Morgan fingerprint density at radius 3 is 2.18 bits per heavy atom. The fourth-order valence-corrected chi connectivity index (χ4v) is 2.57. The molecule has 0 fully saturated rings. The van der Waals surface area contributed by atoms with Crippen LogP contribution in [0.3, 0.4) is 0 Å². The van der Waals surface area contributed by atoms with Gasteiger partial charge in [0.15, 0.2) is 0 Å². The van der Waals surface area contributed by atoms with Gasteiger partial charge in [-0.05, 0) is 48.9 Å². The van der Waals surface area contributed by atoms with Gasteiger partial charge < -0.3 is 10.6 Å². The molecular weight excluding hydrogens is 356 g/mol. The first-order valence-corrected chi connectivity index (χ1v) is 8.93. The maximum atomic E-state index is 12.4. The SMILES string of the molecule is CCCn1nc(C(=O)Nc2ccc(C(=O)Nc3ccccc3)cc2)ccc1=O. The second-order valence-electron chi connectivity index (χ2n) is 6.13. The number of aromatic nitrogens is 2. The van der Waals surface area contributed by atoms with Gasteiger partial charge >= 0.3 is 0 Å². The zero-order valence-electron chi connectivity index (χ0n) is 15.4. The van der Waals surface area contributed by atoms with E-state index in [-0.39, 0.29) is 17.2 Å². The highest BCUT2D eigenvalue weighted by atomic mass is 16.2. The molecule has 7 nitrogen and oxygen atoms in total. The molecule has 0 saturated carbocycles. The van der Waals surface area contributed by atoms with Gasteiger partial charge in [-0.25, -0.2) is 4.68 Å². The monoisotopic (exact) mass is 376 g/mol. The summed E-state index contributed by atoms with van der Waals surface area (Å²) in [5, 5.41) is 9.59. The number of rotatable bonds is 6. The summed E-state index contributed by atoms with van der Waals surface area (Å²) >= 11 is 0. The summed E-state index contributed by atoms with van der Waals surface area (Å²) in [4.78, 5) is 36.3. The van der Waals surface area contributed by atoms with Crippen molar-refractivity contribution in [3.8, 4) is 0 Å². The molecule has 0 unspecified atom stereocenters. The van der Waals surface area contributed by atoms with Crippen LogP contribution >= 0.6 is 0 Å². The molecule has 0 saturated heterocycles. The van der Waals surface area contributed by atoms with Crippen molar-refractivity contribution in [1.82, 2.24) is 9.78 Å². The fourth-order valence-electron chi connectivity index (χ4n) is 2.57. The Labute approximate surface area is 162 Å². The second kappa shape index (κ2) is 8.77. The van der Waals surface area contributed by atoms with Crippen molar-refractivity contribution in [2.45, 2.75) is 19.9 Å². The summed E-state index contributed by atoms with van der Waals surface area (Å²) < 4.78 is 1.27. The van der Waals surface area contributed by atoms with Crippen molar-refractivity contribution in [2.24, 2.45) is 0 Å². The Kier molecular flexibility index (Phi) is 5.96. The van der Waals surface area contributed by atoms with E-state index in [4.69, 9.17) is 0 Å². The molecule has 0 bridgehead atoms. The Balaban J connectivity index is 1.67. The number of hydrogen-bond acceptors (Lipinski definition) is 4. The number of aryl methyl sites for hydroxylation is 1. The number of benzene rings is 2. The predicted octanol–water partition coefficient (Wildman–Crippen LogP) is 3.16. The summed E-state index contributed by atoms with van der Waals surface area (Å²) in [6, 6.07) is 18.4. The molecule has 2 aromatic carbocycles. The van der Waals surface area contributed by atoms with Crippen LogP contribution in [0.4, 0.5) is 11.4 Å². The van der Waals surface area contributed by atoms with Crippen LogP contribution in [0.2, 0.25) is 0 Å². The average molecular weight is 376 g/mol. The third kappa shape index (κ3) is 4.70. The summed E-state index contributed by atoms with van der Waals surface area (Å²) in [5.74, 6) is -0.663. The van der Waals surface area contributed by atoms with Crippen molar-refractivity contribution >= 4 is 23.2 Å². The molecule has 3 rings (SSSR count). The van der Waals surface area contributed by atoms with E-state index in [1.807, 2.05) is 25.1 Å². The molecule has 2 N–H and O–H groups in total. The molecule has 142 valence electrons. The lowest BCUT2D eigenvalue weighted by atomic mass is 10.2. The first-order valence-electron chi connectivity index (χ1n) is 8.93. The molecule has 3 aromatic rings. The quantitative estimate of drug-likeness (QED) is 0.691. The molecular formula is C21H20N4O3. The molecule has 28 heavy (non-hydrogen) atoms. The molecule has 0 aliphatic rings. The molecule has 0 spiro atoms. The van der Waals surface area contributed by atoms with Gasteiger partial charge in [0.2, 0.25) is 0 Å². The molecule has 0 aliphatic heterocycles. The Hall–Kier alpha value is -3.74. The van der Waals surface area contributed by atoms with Gasteiger partial charge in [-0.15, -0.1) is 0 Å². The van der Waals surface area contributed by atoms with Gasteiger partial charge in [-0.1, -0.05) is 25.1 Å². The van der Waals surface area contributed by atoms with Gasteiger partial charge in [-0.3, -0.25) is 14.4 Å². The van der Waals surface area contributed by atoms with E-state index in [9.17, 15) is 14.4 Å². The van der Waals surface area contributed by atoms with Gasteiger partial charge in [-0.2, -0.15) is 5.10 Å². The molecule has 0 atom stereocenters. The van der Waals surface area contributed by atoms with Crippen LogP contribution in [-0.4, -0.2) is 21.6 Å². The van der Waals surface area contributed by atoms with Gasteiger partial charge in [0.1, 0.15) is 5.69 Å². The van der Waals surface area contributed by atoms with E-state index >= 15 is 0 Å². The number of carbonyl (C=O) groups is 2. The smallest absolute Gasteiger partial charge is 0.276 e. The highest BCUT2D eigenvalue weighted by molar-refractivity contribution is 6.05. The normalized spacial score (nSPS) is 10.3. The highest BCUT2D eigenvalue weighted by Crippen LogP contribution is 2.13. The first-order chi connectivity index (χ1) is 13.6. The molecule has 1 aromatic heterocycles. The van der Waals surface area contributed by atoms with Gasteiger partial charge in [0, 0.05) is 29.5 Å². The van der Waals surface area contributed by atoms with E-state index in [1.165, 1.54) is 16.8 Å². The minimum atomic E-state index is -0.425. The average Bonchev–Trinajstić information content (AvgIpc) is 2.71. The lowest BCUT2D eigenvalue weighted by molar-refractivity contribution is 0.101.